The molecule has 0 bridgehead atoms. The van der Waals surface area contributed by atoms with E-state index in [4.69, 9.17) is 4.42 Å². The lowest BCUT2D eigenvalue weighted by Gasteiger charge is -2.29. The van der Waals surface area contributed by atoms with Gasteiger partial charge < -0.3 is 14.3 Å². The number of aromatic nitrogens is 2. The fourth-order valence-electron chi connectivity index (χ4n) is 4.01. The first-order chi connectivity index (χ1) is 13.0. The number of rotatable bonds is 3. The van der Waals surface area contributed by atoms with Crippen LogP contribution in [-0.2, 0) is 7.05 Å². The number of nitrogens with one attached hydrogen (secondary N) is 1. The zero-order valence-corrected chi connectivity index (χ0v) is 15.6. The van der Waals surface area contributed by atoms with E-state index in [9.17, 15) is 9.59 Å². The van der Waals surface area contributed by atoms with Gasteiger partial charge in [-0.15, -0.1) is 0 Å². The number of amides is 1. The van der Waals surface area contributed by atoms with Gasteiger partial charge in [-0.1, -0.05) is 30.3 Å². The molecule has 1 saturated carbocycles. The molecule has 140 valence electrons. The monoisotopic (exact) mass is 365 g/mol. The van der Waals surface area contributed by atoms with Crippen molar-refractivity contribution in [3.63, 3.8) is 0 Å². The van der Waals surface area contributed by atoms with Crippen molar-refractivity contribution in [3.05, 3.63) is 63.9 Å². The number of carbonyl (C=O) groups is 1. The molecular weight excluding hydrogens is 342 g/mol. The van der Waals surface area contributed by atoms with E-state index >= 15 is 0 Å². The zero-order valence-electron chi connectivity index (χ0n) is 15.6. The van der Waals surface area contributed by atoms with Gasteiger partial charge in [-0.25, -0.2) is 4.98 Å². The number of aryl methyl sites for hydroxylation is 2. The van der Waals surface area contributed by atoms with E-state index in [2.05, 4.69) is 34.6 Å². The van der Waals surface area contributed by atoms with Crippen LogP contribution in [0.2, 0.25) is 0 Å². The van der Waals surface area contributed by atoms with Crippen LogP contribution in [0.15, 0.2) is 45.9 Å². The van der Waals surface area contributed by atoms with Crippen LogP contribution in [0.1, 0.15) is 53.3 Å². The molecule has 1 fully saturated rings. The summed E-state index contributed by atoms with van der Waals surface area (Å²) in [7, 11) is 1.61. The molecule has 0 saturated heterocycles. The van der Waals surface area contributed by atoms with Crippen LogP contribution < -0.4 is 10.9 Å². The van der Waals surface area contributed by atoms with Crippen LogP contribution in [0.25, 0.3) is 11.1 Å². The maximum absolute atomic E-state index is 12.9. The zero-order chi connectivity index (χ0) is 19.0. The van der Waals surface area contributed by atoms with Crippen molar-refractivity contribution in [2.45, 2.75) is 44.6 Å². The molecule has 0 aliphatic heterocycles. The fraction of sp³-hybridized carbons (Fsp3) is 0.381. The molecule has 1 amide bonds. The standard InChI is InChI=1S/C21H23N3O3/c1-13-17(18-20(27-13)22-12-24(2)21(18)26)19(25)23-16-10-8-15(9-11-16)14-6-4-3-5-7-14/h3-7,12,15-16H,8-11H2,1-2H3,(H,23,25). The Kier molecular flexibility index (Phi) is 4.56. The van der Waals surface area contributed by atoms with Gasteiger partial charge in [-0.05, 0) is 44.1 Å². The van der Waals surface area contributed by atoms with Gasteiger partial charge in [0.1, 0.15) is 17.5 Å². The van der Waals surface area contributed by atoms with E-state index in [0.29, 0.717) is 17.2 Å². The lowest BCUT2D eigenvalue weighted by atomic mass is 9.81. The molecule has 0 spiro atoms. The highest BCUT2D eigenvalue weighted by atomic mass is 16.3. The summed E-state index contributed by atoms with van der Waals surface area (Å²) in [4.78, 5) is 29.4. The van der Waals surface area contributed by atoms with Crippen LogP contribution in [-0.4, -0.2) is 21.5 Å². The van der Waals surface area contributed by atoms with Gasteiger partial charge in [0, 0.05) is 13.1 Å². The number of nitrogens with zero attached hydrogens (tertiary/aromatic N) is 2. The van der Waals surface area contributed by atoms with Gasteiger partial charge in [0.25, 0.3) is 11.5 Å². The Morgan fingerprint density at radius 3 is 2.59 bits per heavy atom. The number of benzene rings is 1. The quantitative estimate of drug-likeness (QED) is 0.773. The van der Waals surface area contributed by atoms with E-state index in [1.54, 1.807) is 14.0 Å². The molecule has 1 aliphatic carbocycles. The van der Waals surface area contributed by atoms with Crippen LogP contribution >= 0.6 is 0 Å². The molecule has 1 N–H and O–H groups in total. The van der Waals surface area contributed by atoms with Crippen molar-refractivity contribution in [2.75, 3.05) is 0 Å². The molecular formula is C21H23N3O3. The molecule has 3 aromatic rings. The molecule has 0 radical (unpaired) electrons. The molecule has 2 heterocycles. The molecule has 2 aromatic heterocycles. The Balaban J connectivity index is 1.49. The van der Waals surface area contributed by atoms with Crippen LogP contribution in [0, 0.1) is 6.92 Å². The summed E-state index contributed by atoms with van der Waals surface area (Å²) in [6.45, 7) is 1.70. The van der Waals surface area contributed by atoms with Crippen molar-refractivity contribution in [2.24, 2.45) is 7.05 Å². The third-order valence-electron chi connectivity index (χ3n) is 5.51. The normalized spacial score (nSPS) is 19.9. The van der Waals surface area contributed by atoms with Gasteiger partial charge >= 0.3 is 0 Å². The van der Waals surface area contributed by atoms with Crippen molar-refractivity contribution in [3.8, 4) is 0 Å². The summed E-state index contributed by atoms with van der Waals surface area (Å²) in [6.07, 6.45) is 5.35. The predicted octanol–water partition coefficient (Wildman–Crippen LogP) is 3.29. The minimum absolute atomic E-state index is 0.113. The predicted molar refractivity (Wildman–Crippen MR) is 103 cm³/mol. The maximum atomic E-state index is 12.9. The number of hydrogen-bond donors (Lipinski definition) is 1. The van der Waals surface area contributed by atoms with E-state index < -0.39 is 0 Å². The van der Waals surface area contributed by atoms with Crippen molar-refractivity contribution >= 4 is 17.0 Å². The minimum atomic E-state index is -0.269. The highest BCUT2D eigenvalue weighted by Crippen LogP contribution is 2.33. The lowest BCUT2D eigenvalue weighted by molar-refractivity contribution is 0.0925. The van der Waals surface area contributed by atoms with E-state index in [-0.39, 0.29) is 28.6 Å². The Labute approximate surface area is 157 Å². The Bertz CT molecular complexity index is 1030. The summed E-state index contributed by atoms with van der Waals surface area (Å²) >= 11 is 0. The average Bonchev–Trinajstić information content (AvgIpc) is 3.03. The van der Waals surface area contributed by atoms with Crippen LogP contribution in [0.3, 0.4) is 0 Å². The highest BCUT2D eigenvalue weighted by molar-refractivity contribution is 6.06. The third kappa shape index (κ3) is 3.27. The summed E-state index contributed by atoms with van der Waals surface area (Å²) in [5, 5.41) is 3.36. The summed E-state index contributed by atoms with van der Waals surface area (Å²) < 4.78 is 6.90. The summed E-state index contributed by atoms with van der Waals surface area (Å²) in [6, 6.07) is 10.6. The minimum Gasteiger partial charge on any atom is -0.442 e. The topological polar surface area (TPSA) is 77.1 Å². The van der Waals surface area contributed by atoms with Crippen molar-refractivity contribution < 1.29 is 9.21 Å². The molecule has 1 aliphatic rings. The van der Waals surface area contributed by atoms with Gasteiger partial charge in [-0.3, -0.25) is 9.59 Å². The van der Waals surface area contributed by atoms with E-state index in [1.807, 2.05) is 6.07 Å². The molecule has 6 nitrogen and oxygen atoms in total. The Morgan fingerprint density at radius 1 is 1.19 bits per heavy atom. The van der Waals surface area contributed by atoms with Crippen LogP contribution in [0.5, 0.6) is 0 Å². The number of hydrogen-bond acceptors (Lipinski definition) is 4. The first-order valence-electron chi connectivity index (χ1n) is 9.35. The van der Waals surface area contributed by atoms with E-state index in [1.165, 1.54) is 16.5 Å². The molecule has 4 rings (SSSR count). The number of carbonyl (C=O) groups excluding carboxylic acids is 1. The van der Waals surface area contributed by atoms with Gasteiger partial charge in [0.15, 0.2) is 0 Å². The first kappa shape index (κ1) is 17.5. The second kappa shape index (κ2) is 7.02. The van der Waals surface area contributed by atoms with Crippen molar-refractivity contribution in [1.82, 2.24) is 14.9 Å². The molecule has 0 atom stereocenters. The first-order valence-corrected chi connectivity index (χ1v) is 9.35. The summed E-state index contributed by atoms with van der Waals surface area (Å²) in [5.41, 5.74) is 1.63. The average molecular weight is 365 g/mol. The third-order valence-corrected chi connectivity index (χ3v) is 5.51. The SMILES string of the molecule is Cc1oc2ncn(C)c(=O)c2c1C(=O)NC1CCC(c2ccccc2)CC1. The number of fused-ring (bicyclic) bond motifs is 1. The Morgan fingerprint density at radius 2 is 1.89 bits per heavy atom. The second-order valence-corrected chi connectivity index (χ2v) is 7.31. The van der Waals surface area contributed by atoms with Crippen molar-refractivity contribution in [1.29, 1.82) is 0 Å². The van der Waals surface area contributed by atoms with Gasteiger partial charge in [0.05, 0.1) is 5.56 Å². The van der Waals surface area contributed by atoms with Gasteiger partial charge in [-0.2, -0.15) is 0 Å². The van der Waals surface area contributed by atoms with E-state index in [0.717, 1.165) is 25.7 Å². The maximum Gasteiger partial charge on any atom is 0.265 e. The molecule has 0 unspecified atom stereocenters. The number of furan rings is 1. The molecule has 27 heavy (non-hydrogen) atoms. The highest BCUT2D eigenvalue weighted by Gasteiger charge is 2.27. The second-order valence-electron chi connectivity index (χ2n) is 7.31. The Hall–Kier alpha value is -2.89. The smallest absolute Gasteiger partial charge is 0.265 e. The van der Waals surface area contributed by atoms with Gasteiger partial charge in [0.2, 0.25) is 5.71 Å². The fourth-order valence-corrected chi connectivity index (χ4v) is 4.01. The molecule has 6 heteroatoms. The molecule has 1 aromatic carbocycles. The lowest BCUT2D eigenvalue weighted by Crippen LogP contribution is -2.38. The van der Waals surface area contributed by atoms with Crippen LogP contribution in [0.4, 0.5) is 0 Å². The summed E-state index contributed by atoms with van der Waals surface area (Å²) in [5.74, 6) is 0.725. The largest absolute Gasteiger partial charge is 0.442 e.